The molecule has 29 heavy (non-hydrogen) atoms. The molecule has 1 heterocycles. The lowest BCUT2D eigenvalue weighted by molar-refractivity contribution is -0.137. The molecule has 6 nitrogen and oxygen atoms in total. The van der Waals surface area contributed by atoms with Gasteiger partial charge in [0.05, 0.1) is 17.9 Å². The van der Waals surface area contributed by atoms with E-state index < -0.39 is 17.8 Å². The topological polar surface area (TPSA) is 60.0 Å². The Balaban J connectivity index is 1.77. The van der Waals surface area contributed by atoms with Crippen LogP contribution in [0.5, 0.6) is 17.2 Å². The van der Waals surface area contributed by atoms with Gasteiger partial charge in [-0.15, -0.1) is 0 Å². The van der Waals surface area contributed by atoms with Crippen molar-refractivity contribution in [3.8, 4) is 17.2 Å². The fraction of sp³-hybridized carbons (Fsp3) is 0.350. The molecule has 9 heteroatoms. The van der Waals surface area contributed by atoms with Crippen molar-refractivity contribution in [2.24, 2.45) is 0 Å². The van der Waals surface area contributed by atoms with Gasteiger partial charge in [0.25, 0.3) is 0 Å². The predicted molar refractivity (Wildman–Crippen MR) is 100 cm³/mol. The first-order chi connectivity index (χ1) is 13.8. The molecule has 2 amide bonds. The van der Waals surface area contributed by atoms with E-state index in [0.29, 0.717) is 18.0 Å². The number of rotatable bonds is 6. The molecule has 3 rings (SSSR count). The first kappa shape index (κ1) is 20.6. The first-order valence-electron chi connectivity index (χ1n) is 9.10. The number of ether oxygens (including phenoxy) is 3. The number of carbonyl (C=O) groups is 1. The molecule has 0 radical (unpaired) electrons. The summed E-state index contributed by atoms with van der Waals surface area (Å²) in [5.41, 5.74) is -0.514. The van der Waals surface area contributed by atoms with E-state index in [1.807, 2.05) is 0 Å². The maximum absolute atomic E-state index is 13.4. The fourth-order valence-corrected chi connectivity index (χ4v) is 2.90. The number of hydrogen-bond acceptors (Lipinski definition) is 4. The highest BCUT2D eigenvalue weighted by Gasteiger charge is 2.35. The molecule has 0 bridgehead atoms. The van der Waals surface area contributed by atoms with Gasteiger partial charge in [0.15, 0.2) is 11.5 Å². The van der Waals surface area contributed by atoms with Gasteiger partial charge in [-0.2, -0.15) is 13.2 Å². The average Bonchev–Trinajstić information content (AvgIpc) is 3.14. The Morgan fingerprint density at radius 3 is 2.59 bits per heavy atom. The van der Waals surface area contributed by atoms with Gasteiger partial charge in [-0.1, -0.05) is 6.07 Å². The van der Waals surface area contributed by atoms with Crippen LogP contribution in [0.2, 0.25) is 0 Å². The van der Waals surface area contributed by atoms with Gasteiger partial charge < -0.3 is 24.4 Å². The van der Waals surface area contributed by atoms with Crippen molar-refractivity contribution in [2.45, 2.75) is 26.6 Å². The normalized spacial score (nSPS) is 12.6. The first-order valence-corrected chi connectivity index (χ1v) is 9.10. The minimum Gasteiger partial charge on any atom is -0.494 e. The van der Waals surface area contributed by atoms with Crippen LogP contribution in [0.1, 0.15) is 25.0 Å². The quantitative estimate of drug-likeness (QED) is 0.737. The molecule has 2 aromatic carbocycles. The van der Waals surface area contributed by atoms with Gasteiger partial charge in [0.1, 0.15) is 5.75 Å². The maximum Gasteiger partial charge on any atom is 0.418 e. The van der Waals surface area contributed by atoms with Crippen molar-refractivity contribution < 1.29 is 32.2 Å². The number of halogens is 3. The molecule has 1 aliphatic heterocycles. The highest BCUT2D eigenvalue weighted by Crippen LogP contribution is 2.37. The summed E-state index contributed by atoms with van der Waals surface area (Å²) in [6.45, 7) is 4.31. The van der Waals surface area contributed by atoms with Crippen molar-refractivity contribution in [3.63, 3.8) is 0 Å². The van der Waals surface area contributed by atoms with Crippen LogP contribution in [0.25, 0.3) is 0 Å². The second-order valence-corrected chi connectivity index (χ2v) is 6.27. The fourth-order valence-electron chi connectivity index (χ4n) is 2.90. The van der Waals surface area contributed by atoms with Gasteiger partial charge in [0, 0.05) is 13.1 Å². The number of anilines is 1. The zero-order chi connectivity index (χ0) is 21.0. The van der Waals surface area contributed by atoms with E-state index in [2.05, 4.69) is 5.32 Å². The molecule has 0 fully saturated rings. The Labute approximate surface area is 166 Å². The molecule has 0 spiro atoms. The van der Waals surface area contributed by atoms with Crippen LogP contribution in [-0.4, -0.2) is 30.9 Å². The van der Waals surface area contributed by atoms with E-state index in [9.17, 15) is 18.0 Å². The van der Waals surface area contributed by atoms with Crippen molar-refractivity contribution in [1.29, 1.82) is 0 Å². The lowest BCUT2D eigenvalue weighted by Crippen LogP contribution is -2.34. The second kappa shape index (κ2) is 8.50. The van der Waals surface area contributed by atoms with Gasteiger partial charge >= 0.3 is 12.2 Å². The number of nitrogens with one attached hydrogen (secondary N) is 1. The molecule has 0 aromatic heterocycles. The highest BCUT2D eigenvalue weighted by molar-refractivity contribution is 5.90. The van der Waals surface area contributed by atoms with E-state index in [-0.39, 0.29) is 31.4 Å². The molecule has 1 aliphatic rings. The number of benzene rings is 2. The van der Waals surface area contributed by atoms with E-state index in [4.69, 9.17) is 14.2 Å². The van der Waals surface area contributed by atoms with Crippen molar-refractivity contribution in [2.75, 3.05) is 25.3 Å². The highest BCUT2D eigenvalue weighted by atomic mass is 19.4. The summed E-state index contributed by atoms with van der Waals surface area (Å²) >= 11 is 0. The SMILES string of the molecule is CCOc1ccc(NC(=O)N(CC)Cc2ccc3c(c2)OCO3)c(C(F)(F)F)c1. The van der Waals surface area contributed by atoms with Crippen LogP contribution in [-0.2, 0) is 12.7 Å². The number of hydrogen-bond donors (Lipinski definition) is 1. The van der Waals surface area contributed by atoms with Gasteiger partial charge in [-0.25, -0.2) is 4.79 Å². The van der Waals surface area contributed by atoms with E-state index in [1.54, 1.807) is 32.0 Å². The molecule has 0 atom stereocenters. The smallest absolute Gasteiger partial charge is 0.418 e. The zero-order valence-corrected chi connectivity index (χ0v) is 16.0. The van der Waals surface area contributed by atoms with E-state index in [0.717, 1.165) is 11.6 Å². The number of urea groups is 1. The standard InChI is InChI=1S/C20H21F3N2O4/c1-3-25(11-13-5-8-17-18(9-13)29-12-28-17)19(26)24-16-7-6-14(27-4-2)10-15(16)20(21,22)23/h5-10H,3-4,11-12H2,1-2H3,(H,24,26). The van der Waals surface area contributed by atoms with Crippen molar-refractivity contribution in [3.05, 3.63) is 47.5 Å². The van der Waals surface area contributed by atoms with Crippen LogP contribution in [0.4, 0.5) is 23.7 Å². The minimum atomic E-state index is -4.63. The number of amides is 2. The third-order valence-corrected chi connectivity index (χ3v) is 4.33. The Morgan fingerprint density at radius 2 is 1.90 bits per heavy atom. The van der Waals surface area contributed by atoms with Crippen LogP contribution in [0, 0.1) is 0 Å². The molecular formula is C20H21F3N2O4. The second-order valence-electron chi connectivity index (χ2n) is 6.27. The summed E-state index contributed by atoms with van der Waals surface area (Å²) in [6, 6.07) is 8.09. The van der Waals surface area contributed by atoms with Gasteiger partial charge in [-0.05, 0) is 49.7 Å². The molecule has 0 aliphatic carbocycles. The number of alkyl halides is 3. The van der Waals surface area contributed by atoms with Crippen LogP contribution >= 0.6 is 0 Å². The summed E-state index contributed by atoms with van der Waals surface area (Å²) in [7, 11) is 0. The van der Waals surface area contributed by atoms with Gasteiger partial charge in [-0.3, -0.25) is 0 Å². The molecule has 0 saturated carbocycles. The predicted octanol–water partition coefficient (Wildman–Crippen LogP) is 4.89. The summed E-state index contributed by atoms with van der Waals surface area (Å²) in [6.07, 6.45) is -4.63. The van der Waals surface area contributed by atoms with Crippen molar-refractivity contribution in [1.82, 2.24) is 4.90 Å². The minimum absolute atomic E-state index is 0.0885. The number of carbonyl (C=O) groups excluding carboxylic acids is 1. The Morgan fingerprint density at radius 1 is 1.14 bits per heavy atom. The van der Waals surface area contributed by atoms with Gasteiger partial charge in [0.2, 0.25) is 6.79 Å². The summed E-state index contributed by atoms with van der Waals surface area (Å²) in [4.78, 5) is 14.0. The summed E-state index contributed by atoms with van der Waals surface area (Å²) < 4.78 is 56.0. The zero-order valence-electron chi connectivity index (χ0n) is 16.0. The monoisotopic (exact) mass is 410 g/mol. The lowest BCUT2D eigenvalue weighted by Gasteiger charge is -2.23. The number of nitrogens with zero attached hydrogens (tertiary/aromatic N) is 1. The maximum atomic E-state index is 13.4. The Kier molecular flexibility index (Phi) is 6.05. The summed E-state index contributed by atoms with van der Waals surface area (Å²) in [5.74, 6) is 1.28. The van der Waals surface area contributed by atoms with Crippen LogP contribution in [0.15, 0.2) is 36.4 Å². The molecule has 2 aromatic rings. The lowest BCUT2D eigenvalue weighted by atomic mass is 10.1. The molecule has 1 N–H and O–H groups in total. The Hall–Kier alpha value is -3.10. The molecular weight excluding hydrogens is 389 g/mol. The van der Waals surface area contributed by atoms with Crippen LogP contribution < -0.4 is 19.5 Å². The average molecular weight is 410 g/mol. The van der Waals surface area contributed by atoms with Crippen LogP contribution in [0.3, 0.4) is 0 Å². The molecule has 156 valence electrons. The number of fused-ring (bicyclic) bond motifs is 1. The molecule has 0 unspecified atom stereocenters. The van der Waals surface area contributed by atoms with E-state index in [1.165, 1.54) is 17.0 Å². The Bertz CT molecular complexity index is 887. The third kappa shape index (κ3) is 4.85. The third-order valence-electron chi connectivity index (χ3n) is 4.33. The van der Waals surface area contributed by atoms with Crippen molar-refractivity contribution >= 4 is 11.7 Å². The summed E-state index contributed by atoms with van der Waals surface area (Å²) in [5, 5.41) is 2.37. The molecule has 0 saturated heterocycles. The largest absolute Gasteiger partial charge is 0.494 e. The van der Waals surface area contributed by atoms with E-state index >= 15 is 0 Å².